The number of phenolic OH excluding ortho intramolecular Hbond substituents is 2. The molecule has 18 heteroatoms. The Labute approximate surface area is 248 Å². The molecule has 0 saturated carbocycles. The van der Waals surface area contributed by atoms with Crippen molar-refractivity contribution < 1.29 is 39.0 Å². The van der Waals surface area contributed by atoms with Crippen LogP contribution in [-0.4, -0.2) is 88.4 Å². The molecule has 0 aliphatic carbocycles. The normalized spacial score (nSPS) is 18.2. The van der Waals surface area contributed by atoms with E-state index in [1.54, 1.807) is 0 Å². The summed E-state index contributed by atoms with van der Waals surface area (Å²) in [5.41, 5.74) is 6.18. The lowest BCUT2D eigenvalue weighted by atomic mass is 10.0. The van der Waals surface area contributed by atoms with Gasteiger partial charge in [0.2, 0.25) is 5.89 Å². The van der Waals surface area contributed by atoms with Gasteiger partial charge in [-0.15, -0.1) is 39.7 Å². The Balaban J connectivity index is 1.28. The maximum atomic E-state index is 13.1. The van der Waals surface area contributed by atoms with Gasteiger partial charge in [-0.1, -0.05) is 22.8 Å². The van der Waals surface area contributed by atoms with Crippen LogP contribution in [0, 0.1) is 12.3 Å². The molecule has 1 saturated heterocycles. The number of β-lactam (4-membered cyclic amide) rings is 1. The minimum Gasteiger partial charge on any atom is -0.504 e. The van der Waals surface area contributed by atoms with Crippen molar-refractivity contribution >= 4 is 63.5 Å². The van der Waals surface area contributed by atoms with Gasteiger partial charge in [-0.05, 0) is 23.8 Å². The van der Waals surface area contributed by atoms with Crippen LogP contribution in [0.15, 0.2) is 49.6 Å². The zero-order chi connectivity index (χ0) is 30.0. The number of carboxylic acid groups (broad SMARTS) is 1. The third kappa shape index (κ3) is 5.70. The van der Waals surface area contributed by atoms with E-state index >= 15 is 0 Å². The summed E-state index contributed by atoms with van der Waals surface area (Å²) in [7, 11) is 0. The summed E-state index contributed by atoms with van der Waals surface area (Å²) in [5, 5.41) is 44.4. The van der Waals surface area contributed by atoms with Gasteiger partial charge >= 0.3 is 5.97 Å². The highest BCUT2D eigenvalue weighted by Crippen LogP contribution is 2.42. The number of hydrogen-bond acceptors (Lipinski definition) is 15. The van der Waals surface area contributed by atoms with Gasteiger partial charge in [0.25, 0.3) is 17.0 Å². The number of terminal acetylenes is 1. The van der Waals surface area contributed by atoms with E-state index in [0.717, 1.165) is 28.0 Å². The van der Waals surface area contributed by atoms with Gasteiger partial charge in [0.1, 0.15) is 22.8 Å². The fourth-order valence-electron chi connectivity index (χ4n) is 3.93. The number of anilines is 1. The van der Waals surface area contributed by atoms with Crippen molar-refractivity contribution in [3.8, 4) is 35.3 Å². The molecule has 6 N–H and O–H groups in total. The summed E-state index contributed by atoms with van der Waals surface area (Å²) in [6, 6.07) is 2.99. The Morgan fingerprint density at radius 3 is 2.83 bits per heavy atom. The number of rotatable bonds is 10. The van der Waals surface area contributed by atoms with Crippen molar-refractivity contribution in [2.24, 2.45) is 5.16 Å². The molecule has 0 bridgehead atoms. The van der Waals surface area contributed by atoms with Crippen molar-refractivity contribution in [3.05, 3.63) is 40.5 Å². The molecule has 0 spiro atoms. The molecule has 2 aliphatic heterocycles. The molecule has 1 fully saturated rings. The van der Waals surface area contributed by atoms with E-state index in [2.05, 4.69) is 31.6 Å². The molecule has 216 valence electrons. The molecule has 4 heterocycles. The number of fused-ring (bicyclic) bond motifs is 1. The lowest BCUT2D eigenvalue weighted by Crippen LogP contribution is -2.71. The Bertz CT molecular complexity index is 1680. The van der Waals surface area contributed by atoms with Gasteiger partial charge in [-0.2, -0.15) is 0 Å². The van der Waals surface area contributed by atoms with E-state index in [9.17, 15) is 29.7 Å². The quantitative estimate of drug-likeness (QED) is 0.0402. The van der Waals surface area contributed by atoms with Crippen LogP contribution in [0.5, 0.6) is 11.5 Å². The van der Waals surface area contributed by atoms with Crippen LogP contribution in [0.1, 0.15) is 5.69 Å². The first-order chi connectivity index (χ1) is 20.2. The second-order valence-corrected chi connectivity index (χ2v) is 11.4. The molecule has 3 aromatic rings. The molecule has 15 nitrogen and oxygen atoms in total. The molecule has 1 aromatic carbocycles. The molecule has 5 rings (SSSR count). The third-order valence-corrected chi connectivity index (χ3v) is 8.74. The van der Waals surface area contributed by atoms with Crippen LogP contribution in [0.4, 0.5) is 5.13 Å². The number of oxime groups is 1. The minimum atomic E-state index is -1.30. The predicted molar refractivity (Wildman–Crippen MR) is 151 cm³/mol. The number of benzene rings is 1. The van der Waals surface area contributed by atoms with E-state index < -0.39 is 29.2 Å². The first-order valence-electron chi connectivity index (χ1n) is 11.7. The zero-order valence-corrected chi connectivity index (χ0v) is 23.5. The van der Waals surface area contributed by atoms with Crippen LogP contribution in [0.25, 0.3) is 11.5 Å². The number of hydrogen-bond donors (Lipinski definition) is 5. The van der Waals surface area contributed by atoms with Crippen LogP contribution < -0.4 is 11.1 Å². The van der Waals surface area contributed by atoms with Crippen LogP contribution in [-0.2, 0) is 19.2 Å². The number of nitrogens with two attached hydrogens (primary N) is 1. The number of aromatic hydroxyl groups is 2. The van der Waals surface area contributed by atoms with Gasteiger partial charge in [-0.25, -0.2) is 9.78 Å². The summed E-state index contributed by atoms with van der Waals surface area (Å²) >= 11 is 3.42. The number of amides is 2. The molecule has 42 heavy (non-hydrogen) atoms. The fourth-order valence-corrected chi connectivity index (χ4v) is 6.72. The predicted octanol–water partition coefficient (Wildman–Crippen LogP) is 1.07. The first-order valence-corrected chi connectivity index (χ1v) is 14.6. The number of nitrogens with one attached hydrogen (secondary N) is 1. The smallest absolute Gasteiger partial charge is 0.352 e. The third-order valence-electron chi connectivity index (χ3n) is 5.82. The Hall–Kier alpha value is -4.73. The number of carboxylic acids is 1. The number of carbonyl (C=O) groups is 3. The number of nitrogens with zero attached hydrogens (tertiary/aromatic N) is 5. The summed E-state index contributed by atoms with van der Waals surface area (Å²) in [5.74, 6) is -0.672. The molecule has 0 unspecified atom stereocenters. The molecule has 0 radical (unpaired) electrons. The van der Waals surface area contributed by atoms with Crippen molar-refractivity contribution in [1.82, 2.24) is 25.4 Å². The fraction of sp³-hybridized carbons (Fsp3) is 0.208. The summed E-state index contributed by atoms with van der Waals surface area (Å²) in [6.45, 7) is -0.204. The number of aliphatic carboxylic acids is 1. The second-order valence-electron chi connectivity index (χ2n) is 8.47. The molecule has 2 amide bonds. The highest BCUT2D eigenvalue weighted by Gasteiger charge is 2.54. The topological polar surface area (TPSA) is 227 Å². The van der Waals surface area contributed by atoms with Crippen LogP contribution in [0.3, 0.4) is 0 Å². The van der Waals surface area contributed by atoms with E-state index in [1.807, 2.05) is 0 Å². The Kier molecular flexibility index (Phi) is 8.24. The lowest BCUT2D eigenvalue weighted by molar-refractivity contribution is -0.150. The maximum Gasteiger partial charge on any atom is 0.352 e. The SMILES string of the molecule is C#CCON=C(C(=O)N[C@@H]1C(=O)N2C(C(=O)O)=C(CSc3nnc(-c4ccc(O)c(O)c4)o3)CS[C@@H]12)c1csc(N)n1. The molecular weight excluding hydrogens is 611 g/mol. The average Bonchev–Trinajstić information content (AvgIpc) is 3.62. The zero-order valence-electron chi connectivity index (χ0n) is 21.1. The maximum absolute atomic E-state index is 13.1. The Morgan fingerprint density at radius 1 is 1.33 bits per heavy atom. The summed E-state index contributed by atoms with van der Waals surface area (Å²) in [4.78, 5) is 48.4. The number of thioether (sulfide) groups is 2. The van der Waals surface area contributed by atoms with E-state index in [-0.39, 0.29) is 63.0 Å². The molecule has 2 atom stereocenters. The first kappa shape index (κ1) is 28.8. The second kappa shape index (κ2) is 12.0. The lowest BCUT2D eigenvalue weighted by Gasteiger charge is -2.49. The molecular formula is C24H19N7O8S3. The van der Waals surface area contributed by atoms with E-state index in [1.165, 1.54) is 35.3 Å². The highest BCUT2D eigenvalue weighted by atomic mass is 32.2. The van der Waals surface area contributed by atoms with Crippen molar-refractivity contribution in [1.29, 1.82) is 0 Å². The minimum absolute atomic E-state index is 0.0859. The summed E-state index contributed by atoms with van der Waals surface area (Å²) < 4.78 is 5.59. The highest BCUT2D eigenvalue weighted by molar-refractivity contribution is 8.01. The van der Waals surface area contributed by atoms with Crippen LogP contribution >= 0.6 is 34.9 Å². The van der Waals surface area contributed by atoms with Crippen molar-refractivity contribution in [2.75, 3.05) is 23.8 Å². The molecule has 2 aromatic heterocycles. The standard InChI is InChI=1S/C24H19N7O8S3/c1-2-5-38-30-15(12-9-41-23(25)26-12)18(34)27-16-20(35)31-17(22(36)37)11(7-40-21(16)31)8-42-24-29-28-19(39-24)10-3-4-13(32)14(33)6-10/h1,3-4,6,9,16,21,32-33H,5,7-8H2,(H2,25,26)(H,27,34)(H,36,37)/t16-,21+/m1/s1. The van der Waals surface area contributed by atoms with Gasteiger partial charge in [0, 0.05) is 22.4 Å². The number of carbonyl (C=O) groups excluding carboxylic acids is 2. The van der Waals surface area contributed by atoms with Crippen LogP contribution in [0.2, 0.25) is 0 Å². The average molecular weight is 630 g/mol. The van der Waals surface area contributed by atoms with Gasteiger partial charge < -0.3 is 35.6 Å². The number of thiazole rings is 1. The summed E-state index contributed by atoms with van der Waals surface area (Å²) in [6.07, 6.45) is 5.16. The van der Waals surface area contributed by atoms with Crippen molar-refractivity contribution in [3.63, 3.8) is 0 Å². The number of aromatic nitrogens is 3. The largest absolute Gasteiger partial charge is 0.504 e. The number of phenols is 2. The number of nitrogen functional groups attached to an aromatic ring is 1. The van der Waals surface area contributed by atoms with E-state index in [0.29, 0.717) is 11.1 Å². The van der Waals surface area contributed by atoms with Gasteiger partial charge in [0.05, 0.1) is 0 Å². The van der Waals surface area contributed by atoms with Gasteiger partial charge in [-0.3, -0.25) is 14.5 Å². The van der Waals surface area contributed by atoms with E-state index in [4.69, 9.17) is 21.4 Å². The Morgan fingerprint density at radius 2 is 2.14 bits per heavy atom. The monoisotopic (exact) mass is 629 g/mol. The van der Waals surface area contributed by atoms with Crippen molar-refractivity contribution in [2.45, 2.75) is 16.6 Å². The molecule has 2 aliphatic rings. The van der Waals surface area contributed by atoms with Gasteiger partial charge in [0.15, 0.2) is 28.9 Å².